The molecule has 49 valence electrons. The summed E-state index contributed by atoms with van der Waals surface area (Å²) in [4.78, 5) is 4.20. The van der Waals surface area contributed by atoms with Gasteiger partial charge in [-0.15, -0.1) is 11.8 Å². The number of para-hydroxylation sites is 1. The molecule has 2 rings (SSSR count). The molecule has 10 heavy (non-hydrogen) atoms. The molecule has 0 amide bonds. The SMILES string of the molecule is [CH]1SC=Nc2ccccc21. The number of benzene rings is 1. The summed E-state index contributed by atoms with van der Waals surface area (Å²) in [5.74, 6) is 2.10. The molecule has 1 aliphatic rings. The minimum atomic E-state index is 1.07. The summed E-state index contributed by atoms with van der Waals surface area (Å²) in [6, 6.07) is 8.11. The van der Waals surface area contributed by atoms with E-state index in [1.807, 2.05) is 23.7 Å². The summed E-state index contributed by atoms with van der Waals surface area (Å²) >= 11 is 1.62. The number of hydrogen-bond acceptors (Lipinski definition) is 2. The molecular weight excluding hydrogens is 142 g/mol. The van der Waals surface area contributed by atoms with Crippen molar-refractivity contribution < 1.29 is 0 Å². The highest BCUT2D eigenvalue weighted by atomic mass is 32.2. The molecule has 0 aromatic heterocycles. The van der Waals surface area contributed by atoms with Crippen LogP contribution in [0.3, 0.4) is 0 Å². The van der Waals surface area contributed by atoms with Crippen LogP contribution in [0.2, 0.25) is 0 Å². The maximum atomic E-state index is 4.20. The summed E-state index contributed by atoms with van der Waals surface area (Å²) in [5.41, 5.74) is 4.14. The Hall–Kier alpha value is -0.760. The van der Waals surface area contributed by atoms with E-state index in [4.69, 9.17) is 0 Å². The minimum absolute atomic E-state index is 1.07. The van der Waals surface area contributed by atoms with Crippen LogP contribution in [-0.4, -0.2) is 5.55 Å². The Morgan fingerprint density at radius 1 is 1.20 bits per heavy atom. The first kappa shape index (κ1) is 5.98. The van der Waals surface area contributed by atoms with E-state index in [-0.39, 0.29) is 0 Å². The third-order valence-corrected chi connectivity index (χ3v) is 2.00. The van der Waals surface area contributed by atoms with E-state index in [0.717, 1.165) is 5.69 Å². The first-order valence-electron chi connectivity index (χ1n) is 3.07. The zero-order valence-electron chi connectivity index (χ0n) is 5.32. The Kier molecular flexibility index (Phi) is 1.47. The van der Waals surface area contributed by atoms with Crippen molar-refractivity contribution in [2.45, 2.75) is 0 Å². The van der Waals surface area contributed by atoms with Crippen LogP contribution in [0, 0.1) is 5.75 Å². The van der Waals surface area contributed by atoms with Gasteiger partial charge in [0.1, 0.15) is 0 Å². The molecule has 1 aromatic carbocycles. The van der Waals surface area contributed by atoms with Gasteiger partial charge in [0.2, 0.25) is 0 Å². The van der Waals surface area contributed by atoms with Gasteiger partial charge in [-0.2, -0.15) is 0 Å². The van der Waals surface area contributed by atoms with Crippen LogP contribution in [0.4, 0.5) is 5.69 Å². The van der Waals surface area contributed by atoms with E-state index >= 15 is 0 Å². The van der Waals surface area contributed by atoms with Gasteiger partial charge in [0.25, 0.3) is 0 Å². The molecule has 1 heterocycles. The predicted molar refractivity (Wildman–Crippen MR) is 45.6 cm³/mol. The Bertz CT molecular complexity index is 268. The molecule has 0 saturated heterocycles. The fourth-order valence-corrected chi connectivity index (χ4v) is 1.48. The second kappa shape index (κ2) is 2.46. The lowest BCUT2D eigenvalue weighted by molar-refractivity contribution is 1.48. The van der Waals surface area contributed by atoms with Gasteiger partial charge >= 0.3 is 0 Å². The Morgan fingerprint density at radius 3 is 3.00 bits per heavy atom. The molecule has 1 radical (unpaired) electrons. The van der Waals surface area contributed by atoms with Crippen LogP contribution in [0.5, 0.6) is 0 Å². The maximum absolute atomic E-state index is 4.20. The van der Waals surface area contributed by atoms with Crippen LogP contribution in [0.1, 0.15) is 5.56 Å². The van der Waals surface area contributed by atoms with E-state index in [0.29, 0.717) is 0 Å². The van der Waals surface area contributed by atoms with Crippen molar-refractivity contribution in [2.24, 2.45) is 4.99 Å². The van der Waals surface area contributed by atoms with Gasteiger partial charge in [-0.3, -0.25) is 0 Å². The van der Waals surface area contributed by atoms with Crippen molar-refractivity contribution in [3.63, 3.8) is 0 Å². The first-order chi connectivity index (χ1) is 4.97. The third-order valence-electron chi connectivity index (χ3n) is 1.38. The van der Waals surface area contributed by atoms with E-state index in [2.05, 4.69) is 16.8 Å². The van der Waals surface area contributed by atoms with Crippen molar-refractivity contribution >= 4 is 23.0 Å². The van der Waals surface area contributed by atoms with Gasteiger partial charge in [0, 0.05) is 0 Å². The quantitative estimate of drug-likeness (QED) is 0.551. The van der Waals surface area contributed by atoms with Crippen LogP contribution in [0.25, 0.3) is 0 Å². The van der Waals surface area contributed by atoms with Crippen molar-refractivity contribution in [1.29, 1.82) is 0 Å². The number of fused-ring (bicyclic) bond motifs is 1. The average molecular weight is 148 g/mol. The van der Waals surface area contributed by atoms with Gasteiger partial charge in [-0.05, 0) is 11.6 Å². The minimum Gasteiger partial charge on any atom is -0.250 e. The van der Waals surface area contributed by atoms with Gasteiger partial charge in [-0.25, -0.2) is 4.99 Å². The Labute approximate surface area is 64.2 Å². The summed E-state index contributed by atoms with van der Waals surface area (Å²) in [6.45, 7) is 0. The maximum Gasteiger partial charge on any atom is 0.0679 e. The summed E-state index contributed by atoms with van der Waals surface area (Å²) in [5, 5.41) is 0. The molecule has 0 fully saturated rings. The molecule has 0 unspecified atom stereocenters. The zero-order valence-corrected chi connectivity index (χ0v) is 6.14. The number of aliphatic imine (C=N–C) groups is 1. The molecule has 0 saturated carbocycles. The lowest BCUT2D eigenvalue weighted by Gasteiger charge is -2.06. The summed E-state index contributed by atoms with van der Waals surface area (Å²) in [6.07, 6.45) is 0. The standard InChI is InChI=1S/C8H6NS/c1-2-4-8-7(3-1)5-10-6-9-8/h1-6H. The highest BCUT2D eigenvalue weighted by Crippen LogP contribution is 2.28. The Morgan fingerprint density at radius 2 is 2.10 bits per heavy atom. The highest BCUT2D eigenvalue weighted by Gasteiger charge is 2.02. The fraction of sp³-hybridized carbons (Fsp3) is 0. The van der Waals surface area contributed by atoms with E-state index in [1.165, 1.54) is 5.56 Å². The normalized spacial score (nSPS) is 14.8. The average Bonchev–Trinajstić information content (AvgIpc) is 2.05. The second-order valence-corrected chi connectivity index (χ2v) is 2.77. The van der Waals surface area contributed by atoms with Gasteiger partial charge < -0.3 is 0 Å². The van der Waals surface area contributed by atoms with Crippen LogP contribution in [-0.2, 0) is 0 Å². The van der Waals surface area contributed by atoms with Crippen LogP contribution in [0.15, 0.2) is 29.3 Å². The largest absolute Gasteiger partial charge is 0.250 e. The monoisotopic (exact) mass is 148 g/mol. The Balaban J connectivity index is 2.54. The molecule has 0 atom stereocenters. The molecule has 1 aromatic rings. The molecule has 0 bridgehead atoms. The van der Waals surface area contributed by atoms with Gasteiger partial charge in [-0.1, -0.05) is 18.2 Å². The van der Waals surface area contributed by atoms with Gasteiger partial charge in [0.15, 0.2) is 0 Å². The second-order valence-electron chi connectivity index (χ2n) is 2.05. The molecule has 1 aliphatic heterocycles. The molecule has 1 nitrogen and oxygen atoms in total. The lowest BCUT2D eigenvalue weighted by Crippen LogP contribution is -1.83. The predicted octanol–water partition coefficient (Wildman–Crippen LogP) is 2.60. The van der Waals surface area contributed by atoms with Crippen molar-refractivity contribution in [3.8, 4) is 0 Å². The molecule has 0 aliphatic carbocycles. The molecule has 0 spiro atoms. The highest BCUT2D eigenvalue weighted by molar-refractivity contribution is 8.14. The number of hydrogen-bond donors (Lipinski definition) is 0. The first-order valence-corrected chi connectivity index (χ1v) is 4.01. The number of thioether (sulfide) groups is 1. The zero-order chi connectivity index (χ0) is 6.81. The van der Waals surface area contributed by atoms with Crippen molar-refractivity contribution in [3.05, 3.63) is 35.6 Å². The summed E-state index contributed by atoms with van der Waals surface area (Å²) in [7, 11) is 0. The van der Waals surface area contributed by atoms with E-state index < -0.39 is 0 Å². The lowest BCUT2D eigenvalue weighted by atomic mass is 10.2. The molecular formula is C8H6NS. The smallest absolute Gasteiger partial charge is 0.0679 e. The van der Waals surface area contributed by atoms with E-state index in [9.17, 15) is 0 Å². The van der Waals surface area contributed by atoms with Crippen molar-refractivity contribution in [2.75, 3.05) is 0 Å². The fourth-order valence-electron chi connectivity index (χ4n) is 0.896. The van der Waals surface area contributed by atoms with E-state index in [1.54, 1.807) is 11.8 Å². The topological polar surface area (TPSA) is 12.4 Å². The van der Waals surface area contributed by atoms with Gasteiger partial charge in [0.05, 0.1) is 17.0 Å². The number of nitrogens with zero attached hydrogens (tertiary/aromatic N) is 1. The molecule has 0 N–H and O–H groups in total. The van der Waals surface area contributed by atoms with Crippen molar-refractivity contribution in [1.82, 2.24) is 0 Å². The third kappa shape index (κ3) is 0.948. The number of rotatable bonds is 0. The van der Waals surface area contributed by atoms with Crippen LogP contribution >= 0.6 is 11.8 Å². The molecule has 2 heteroatoms. The van der Waals surface area contributed by atoms with Crippen LogP contribution < -0.4 is 0 Å². The summed E-state index contributed by atoms with van der Waals surface area (Å²) < 4.78 is 0.